The van der Waals surface area contributed by atoms with E-state index in [2.05, 4.69) is 0 Å². The van der Waals surface area contributed by atoms with E-state index in [1.807, 2.05) is 24.3 Å². The summed E-state index contributed by atoms with van der Waals surface area (Å²) < 4.78 is 26.5. The normalized spacial score (nSPS) is 14.4. The number of allylic oxidation sites excluding steroid dienone is 1. The van der Waals surface area contributed by atoms with Gasteiger partial charge in [-0.25, -0.2) is 4.99 Å². The van der Waals surface area contributed by atoms with E-state index in [1.165, 1.54) is 15.5 Å². The number of amides is 1. The minimum atomic E-state index is -2.48. The van der Waals surface area contributed by atoms with E-state index in [9.17, 15) is 30.6 Å². The quantitative estimate of drug-likeness (QED) is 0.0378. The molecule has 86 heavy (non-hydrogen) atoms. The highest BCUT2D eigenvalue weighted by Crippen LogP contribution is 2.62. The molecule has 11 rings (SSSR count). The Hall–Kier alpha value is -10.3. The van der Waals surface area contributed by atoms with Crippen LogP contribution in [0, 0.1) is 45.3 Å². The molecular formula is C65H43N7O10S4. The molecule has 5 aromatic carbocycles. The minimum Gasteiger partial charge on any atom is -0.459 e. The topological polar surface area (TPSA) is 255 Å². The van der Waals surface area contributed by atoms with Crippen molar-refractivity contribution in [1.82, 2.24) is 9.47 Å². The molecule has 0 saturated carbocycles. The zero-order valence-corrected chi connectivity index (χ0v) is 48.8. The molecule has 1 aliphatic heterocycles. The van der Waals surface area contributed by atoms with Crippen LogP contribution in [0.2, 0.25) is 0 Å². The average Bonchev–Trinajstić information content (AvgIpc) is 1.52. The summed E-state index contributed by atoms with van der Waals surface area (Å²) in [5.41, 5.74) is -2.98. The molecule has 8 aromatic rings. The lowest BCUT2D eigenvalue weighted by Crippen LogP contribution is -2.46. The van der Waals surface area contributed by atoms with Crippen molar-refractivity contribution in [1.29, 1.82) is 21.0 Å². The standard InChI is InChI=1S/C65H43N7O10S4/c1-3-71-56(73)51(84-58(71)42(30-66)31-67)26-44-25-49-53(83-44)45-27-48-46(28-47(45)64(49,60(75)79-34-38-17-9-5-10-18-38)61(76)80-35-39-19-11-6-12-20-39)54-50(29-52(85-54)70-55-57(74)72(4-2)59(86-55)43(32-68)33-69)65(48,62(77)81-36-40-21-13-7-14-22-40)63(78)82-37-41-23-15-8-16-24-41/h5-29H,3-4,34-37H2,1-2H3/b51-26-,70-55-. The molecule has 0 radical (unpaired) electrons. The molecule has 0 N–H and O–H groups in total. The highest BCUT2D eigenvalue weighted by atomic mass is 32.2. The molecule has 4 heterocycles. The molecule has 17 nitrogen and oxygen atoms in total. The van der Waals surface area contributed by atoms with Gasteiger partial charge < -0.3 is 18.9 Å². The van der Waals surface area contributed by atoms with E-state index >= 15 is 19.2 Å². The third-order valence-electron chi connectivity index (χ3n) is 14.6. The number of rotatable bonds is 16. The molecule has 1 amide bonds. The van der Waals surface area contributed by atoms with Gasteiger partial charge in [-0.3, -0.25) is 38.2 Å². The summed E-state index contributed by atoms with van der Waals surface area (Å²) in [7, 11) is 0. The second-order valence-corrected chi connectivity index (χ2v) is 23.6. The first-order valence-corrected chi connectivity index (χ1v) is 29.8. The van der Waals surface area contributed by atoms with Crippen LogP contribution in [-0.2, 0) is 86.7 Å². The number of esters is 4. The number of aliphatic imine (C=N–C) groups is 1. The molecule has 0 bridgehead atoms. The molecule has 0 spiro atoms. The van der Waals surface area contributed by atoms with E-state index in [0.29, 0.717) is 32.0 Å². The molecule has 0 atom stereocenters. The van der Waals surface area contributed by atoms with Gasteiger partial charge in [-0.1, -0.05) is 121 Å². The van der Waals surface area contributed by atoms with Gasteiger partial charge in [0.25, 0.3) is 11.5 Å². The van der Waals surface area contributed by atoms with Gasteiger partial charge in [-0.05, 0) is 100 Å². The summed E-state index contributed by atoms with van der Waals surface area (Å²) >= 11 is 3.82. The number of thioether (sulfide) groups is 1. The van der Waals surface area contributed by atoms with Gasteiger partial charge in [0.15, 0.2) is 16.2 Å². The first-order valence-electron chi connectivity index (χ1n) is 26.6. The maximum absolute atomic E-state index is 15.8. The number of carbonyl (C=O) groups is 5. The van der Waals surface area contributed by atoms with Gasteiger partial charge >= 0.3 is 23.9 Å². The molecule has 2 aliphatic carbocycles. The predicted molar refractivity (Wildman–Crippen MR) is 322 cm³/mol. The Morgan fingerprint density at radius 2 is 0.953 bits per heavy atom. The summed E-state index contributed by atoms with van der Waals surface area (Å²) in [6.45, 7) is 2.46. The van der Waals surface area contributed by atoms with Crippen molar-refractivity contribution in [2.75, 3.05) is 6.54 Å². The number of fused-ring (bicyclic) bond motifs is 6. The molecule has 422 valence electrons. The van der Waals surface area contributed by atoms with Gasteiger partial charge in [-0.15, -0.1) is 34.0 Å². The lowest BCUT2D eigenvalue weighted by molar-refractivity contribution is -0.166. The summed E-state index contributed by atoms with van der Waals surface area (Å²) in [6, 6.07) is 48.9. The van der Waals surface area contributed by atoms with Crippen LogP contribution in [0.25, 0.3) is 32.5 Å². The highest BCUT2D eigenvalue weighted by Gasteiger charge is 2.63. The smallest absolute Gasteiger partial charge is 0.333 e. The summed E-state index contributed by atoms with van der Waals surface area (Å²) in [6.07, 6.45) is 1.54. The van der Waals surface area contributed by atoms with E-state index in [0.717, 1.165) is 45.8 Å². The van der Waals surface area contributed by atoms with Crippen LogP contribution in [0.15, 0.2) is 166 Å². The van der Waals surface area contributed by atoms with E-state index in [4.69, 9.17) is 23.9 Å². The third-order valence-corrected chi connectivity index (χ3v) is 19.0. The van der Waals surface area contributed by atoms with Crippen molar-refractivity contribution in [3.63, 3.8) is 0 Å². The fourth-order valence-electron chi connectivity index (χ4n) is 10.5. The Labute approximate surface area is 507 Å². The number of hydrogen-bond acceptors (Lipinski definition) is 19. The van der Waals surface area contributed by atoms with Crippen molar-refractivity contribution in [2.45, 2.75) is 57.6 Å². The first kappa shape index (κ1) is 57.6. The number of thiazole rings is 1. The maximum atomic E-state index is 15.8. The number of thiophene rings is 2. The Morgan fingerprint density at radius 3 is 1.36 bits per heavy atom. The number of nitrogens with zero attached hydrogens (tertiary/aromatic N) is 7. The number of aromatic nitrogens is 1. The van der Waals surface area contributed by atoms with Crippen LogP contribution in [-0.4, -0.2) is 50.8 Å². The molecule has 1 saturated heterocycles. The summed E-state index contributed by atoms with van der Waals surface area (Å²) in [5.74, 6) is -4.80. The van der Waals surface area contributed by atoms with Crippen LogP contribution in [0.3, 0.4) is 0 Å². The first-order chi connectivity index (χ1) is 41.8. The van der Waals surface area contributed by atoms with E-state index in [-0.39, 0.29) is 113 Å². The average molecular weight is 1210 g/mol. The molecule has 3 aliphatic rings. The summed E-state index contributed by atoms with van der Waals surface area (Å²) in [4.78, 5) is 98.2. The van der Waals surface area contributed by atoms with Crippen LogP contribution >= 0.6 is 45.8 Å². The number of benzene rings is 5. The SMILES string of the molecule is CCN1C(=O)/C(=N/c2cc3c(s2)-c2cc4c(cc2C3(C(=O)OCc2ccccc2)C(=O)OCc2ccccc2)-c2sc(/C=c3\sc(=C(C#N)C#N)n(CC)c3=O)cc2C4(C(=O)OCc2ccccc2)C(=O)OCc2ccccc2)SC1=C(C#N)C#N. The lowest BCUT2D eigenvalue weighted by atomic mass is 9.75. The van der Waals surface area contributed by atoms with Crippen molar-refractivity contribution in [3.05, 3.63) is 225 Å². The molecule has 1 fully saturated rings. The molecule has 3 aromatic heterocycles. The number of nitriles is 4. The zero-order valence-electron chi connectivity index (χ0n) is 45.5. The lowest BCUT2D eigenvalue weighted by Gasteiger charge is -2.29. The number of hydrogen-bond donors (Lipinski definition) is 0. The minimum absolute atomic E-state index is 0.0425. The van der Waals surface area contributed by atoms with Gasteiger partial charge in [0.2, 0.25) is 10.8 Å². The van der Waals surface area contributed by atoms with Gasteiger partial charge in [0, 0.05) is 38.8 Å². The highest BCUT2D eigenvalue weighted by molar-refractivity contribution is 8.19. The Kier molecular flexibility index (Phi) is 16.2. The van der Waals surface area contributed by atoms with E-state index in [1.54, 1.807) is 159 Å². The number of ether oxygens (including phenoxy) is 4. The van der Waals surface area contributed by atoms with Crippen LogP contribution in [0.4, 0.5) is 5.00 Å². The zero-order chi connectivity index (χ0) is 60.3. The largest absolute Gasteiger partial charge is 0.459 e. The van der Waals surface area contributed by atoms with Gasteiger partial charge in [0.05, 0.1) is 4.53 Å². The fourth-order valence-corrected chi connectivity index (χ4v) is 15.1. The Morgan fingerprint density at radius 1 is 0.535 bits per heavy atom. The van der Waals surface area contributed by atoms with Crippen molar-refractivity contribution in [2.24, 2.45) is 4.99 Å². The molecule has 0 unspecified atom stereocenters. The van der Waals surface area contributed by atoms with Crippen LogP contribution in [0.5, 0.6) is 0 Å². The Bertz CT molecular complexity index is 4420. The Balaban J connectivity index is 1.19. The van der Waals surface area contributed by atoms with Gasteiger partial charge in [-0.2, -0.15) is 21.0 Å². The maximum Gasteiger partial charge on any atom is 0.333 e. The number of carbonyl (C=O) groups excluding carboxylic acids is 5. The van der Waals surface area contributed by atoms with Crippen LogP contribution in [0.1, 0.15) is 63.2 Å². The van der Waals surface area contributed by atoms with Crippen molar-refractivity contribution >= 4 is 97.3 Å². The monoisotopic (exact) mass is 1210 g/mol. The second-order valence-electron chi connectivity index (χ2n) is 19.4. The fraction of sp³-hybridized carbons (Fsp3) is 0.154. The second kappa shape index (κ2) is 24.1. The van der Waals surface area contributed by atoms with E-state index < -0.39 is 46.2 Å². The van der Waals surface area contributed by atoms with Crippen LogP contribution < -0.4 is 14.8 Å². The van der Waals surface area contributed by atoms with Gasteiger partial charge in [0.1, 0.15) is 65.4 Å². The molecule has 21 heteroatoms. The predicted octanol–water partition coefficient (Wildman–Crippen LogP) is 9.47. The summed E-state index contributed by atoms with van der Waals surface area (Å²) in [5, 5.41) is 39.5. The molecular weight excluding hydrogens is 1170 g/mol. The van der Waals surface area contributed by atoms with Crippen molar-refractivity contribution in [3.8, 4) is 45.2 Å². The third kappa shape index (κ3) is 9.98. The van der Waals surface area contributed by atoms with Crippen molar-refractivity contribution < 1.29 is 42.9 Å².